The lowest BCUT2D eigenvalue weighted by Crippen LogP contribution is -2.62. The lowest BCUT2D eigenvalue weighted by molar-refractivity contribution is -0.0387. The zero-order valence-electron chi connectivity index (χ0n) is 14.7. The van der Waals surface area contributed by atoms with Gasteiger partial charge in [-0.3, -0.25) is 4.90 Å². The fourth-order valence-electron chi connectivity index (χ4n) is 3.70. The van der Waals surface area contributed by atoms with Crippen molar-refractivity contribution < 1.29 is 9.53 Å². The zero-order valence-corrected chi connectivity index (χ0v) is 14.7. The van der Waals surface area contributed by atoms with Crippen LogP contribution < -0.4 is 0 Å². The Morgan fingerprint density at radius 2 is 1.96 bits per heavy atom. The van der Waals surface area contributed by atoms with Gasteiger partial charge >= 0.3 is 6.09 Å². The first-order valence-electron chi connectivity index (χ1n) is 8.45. The van der Waals surface area contributed by atoms with Gasteiger partial charge in [-0.15, -0.1) is 0 Å². The van der Waals surface area contributed by atoms with Crippen LogP contribution in [-0.4, -0.2) is 47.7 Å². The molecule has 1 spiro atoms. The average molecular weight is 327 g/mol. The largest absolute Gasteiger partial charge is 0.444 e. The molecule has 1 unspecified atom stereocenters. The van der Waals surface area contributed by atoms with Crippen molar-refractivity contribution in [3.8, 4) is 6.07 Å². The maximum atomic E-state index is 12.2. The van der Waals surface area contributed by atoms with Crippen LogP contribution >= 0.6 is 0 Å². The maximum Gasteiger partial charge on any atom is 0.410 e. The Morgan fingerprint density at radius 3 is 2.54 bits per heavy atom. The van der Waals surface area contributed by atoms with Gasteiger partial charge in [0.05, 0.1) is 12.0 Å². The molecule has 5 heteroatoms. The molecule has 0 saturated carbocycles. The van der Waals surface area contributed by atoms with Crippen molar-refractivity contribution in [1.29, 1.82) is 5.26 Å². The zero-order chi connectivity index (χ0) is 17.4. The van der Waals surface area contributed by atoms with Crippen LogP contribution in [0, 0.1) is 22.7 Å². The Labute approximate surface area is 143 Å². The standard InChI is InChI=1S/C19H25N3O2/c1-18(2,3)24-17(23)22-13-19(14-22)12-21(11-16(19)9-20)10-15-7-5-4-6-8-15/h4-8,16H,10-14H2,1-3H3. The van der Waals surface area contributed by atoms with Crippen LogP contribution in [0.5, 0.6) is 0 Å². The Kier molecular flexibility index (Phi) is 4.27. The van der Waals surface area contributed by atoms with E-state index in [-0.39, 0.29) is 17.4 Å². The first-order chi connectivity index (χ1) is 11.3. The molecule has 24 heavy (non-hydrogen) atoms. The second-order valence-corrected chi connectivity index (χ2v) is 8.04. The van der Waals surface area contributed by atoms with Gasteiger partial charge in [-0.05, 0) is 26.3 Å². The summed E-state index contributed by atoms with van der Waals surface area (Å²) in [6.45, 7) is 9.33. The monoisotopic (exact) mass is 327 g/mol. The van der Waals surface area contributed by atoms with E-state index in [1.54, 1.807) is 4.90 Å². The molecule has 2 aliphatic rings. The van der Waals surface area contributed by atoms with Gasteiger partial charge in [0.25, 0.3) is 0 Å². The van der Waals surface area contributed by atoms with Crippen molar-refractivity contribution in [2.45, 2.75) is 32.9 Å². The van der Waals surface area contributed by atoms with Gasteiger partial charge < -0.3 is 9.64 Å². The lowest BCUT2D eigenvalue weighted by atomic mass is 9.72. The molecule has 1 amide bonds. The highest BCUT2D eigenvalue weighted by Gasteiger charge is 2.56. The second kappa shape index (κ2) is 6.10. The fraction of sp³-hybridized carbons (Fsp3) is 0.579. The topological polar surface area (TPSA) is 56.6 Å². The van der Waals surface area contributed by atoms with Crippen LogP contribution in [0.1, 0.15) is 26.3 Å². The maximum absolute atomic E-state index is 12.2. The molecule has 128 valence electrons. The van der Waals surface area contributed by atoms with E-state index in [9.17, 15) is 10.1 Å². The molecule has 0 bridgehead atoms. The van der Waals surface area contributed by atoms with Crippen molar-refractivity contribution in [1.82, 2.24) is 9.80 Å². The molecule has 5 nitrogen and oxygen atoms in total. The molecular weight excluding hydrogens is 302 g/mol. The number of amides is 1. The molecule has 2 fully saturated rings. The first kappa shape index (κ1) is 16.8. The normalized spacial score (nSPS) is 22.9. The van der Waals surface area contributed by atoms with E-state index in [0.29, 0.717) is 13.1 Å². The van der Waals surface area contributed by atoms with Crippen LogP contribution in [-0.2, 0) is 11.3 Å². The van der Waals surface area contributed by atoms with Gasteiger partial charge in [0.1, 0.15) is 5.60 Å². The molecule has 0 aromatic heterocycles. The first-order valence-corrected chi connectivity index (χ1v) is 8.45. The summed E-state index contributed by atoms with van der Waals surface area (Å²) in [5.41, 5.74) is 0.679. The minimum absolute atomic E-state index is 0.0279. The van der Waals surface area contributed by atoms with Crippen LogP contribution in [0.25, 0.3) is 0 Å². The van der Waals surface area contributed by atoms with Crippen molar-refractivity contribution in [3.05, 3.63) is 35.9 Å². The summed E-state index contributed by atoms with van der Waals surface area (Å²) < 4.78 is 5.43. The van der Waals surface area contributed by atoms with Gasteiger partial charge in [-0.2, -0.15) is 5.26 Å². The van der Waals surface area contributed by atoms with E-state index in [2.05, 4.69) is 23.1 Å². The number of hydrogen-bond acceptors (Lipinski definition) is 4. The number of rotatable bonds is 2. The third kappa shape index (κ3) is 3.39. The third-order valence-corrected chi connectivity index (χ3v) is 4.79. The smallest absolute Gasteiger partial charge is 0.410 e. The van der Waals surface area contributed by atoms with Crippen molar-refractivity contribution in [2.75, 3.05) is 26.2 Å². The Bertz CT molecular complexity index is 639. The summed E-state index contributed by atoms with van der Waals surface area (Å²) in [4.78, 5) is 16.2. The van der Waals surface area contributed by atoms with Crippen LogP contribution in [0.4, 0.5) is 4.79 Å². The number of carbonyl (C=O) groups excluding carboxylic acids is 1. The molecule has 1 aromatic carbocycles. The van der Waals surface area contributed by atoms with Gasteiger partial charge in [-0.25, -0.2) is 4.79 Å². The summed E-state index contributed by atoms with van der Waals surface area (Å²) in [5.74, 6) is -0.0279. The number of hydrogen-bond donors (Lipinski definition) is 0. The number of nitriles is 1. The van der Waals surface area contributed by atoms with Gasteiger partial charge in [-0.1, -0.05) is 30.3 Å². The number of likely N-dealkylation sites (tertiary alicyclic amines) is 2. The fourth-order valence-corrected chi connectivity index (χ4v) is 3.70. The number of nitrogens with zero attached hydrogens (tertiary/aromatic N) is 3. The highest BCUT2D eigenvalue weighted by atomic mass is 16.6. The van der Waals surface area contributed by atoms with E-state index in [1.165, 1.54) is 5.56 Å². The lowest BCUT2D eigenvalue weighted by Gasteiger charge is -2.49. The Balaban J connectivity index is 1.61. The van der Waals surface area contributed by atoms with E-state index in [4.69, 9.17) is 4.74 Å². The van der Waals surface area contributed by atoms with Crippen molar-refractivity contribution in [2.24, 2.45) is 11.3 Å². The molecule has 0 aliphatic carbocycles. The number of ether oxygens (including phenoxy) is 1. The SMILES string of the molecule is CC(C)(C)OC(=O)N1CC2(CN(Cc3ccccc3)CC2C#N)C1. The van der Waals surface area contributed by atoms with Crippen molar-refractivity contribution >= 4 is 6.09 Å². The summed E-state index contributed by atoms with van der Waals surface area (Å²) in [5, 5.41) is 9.55. The number of benzene rings is 1. The minimum Gasteiger partial charge on any atom is -0.444 e. The predicted octanol–water partition coefficient (Wildman–Crippen LogP) is 2.88. The van der Waals surface area contributed by atoms with E-state index in [1.807, 2.05) is 39.0 Å². The molecule has 0 N–H and O–H groups in total. The Morgan fingerprint density at radius 1 is 1.29 bits per heavy atom. The third-order valence-electron chi connectivity index (χ3n) is 4.79. The van der Waals surface area contributed by atoms with E-state index >= 15 is 0 Å². The predicted molar refractivity (Wildman–Crippen MR) is 91.1 cm³/mol. The molecule has 2 heterocycles. The average Bonchev–Trinajstić information content (AvgIpc) is 2.83. The minimum atomic E-state index is -0.483. The second-order valence-electron chi connectivity index (χ2n) is 8.04. The van der Waals surface area contributed by atoms with E-state index < -0.39 is 5.60 Å². The molecular formula is C19H25N3O2. The van der Waals surface area contributed by atoms with Crippen LogP contribution in [0.2, 0.25) is 0 Å². The number of carbonyl (C=O) groups is 1. The van der Waals surface area contributed by atoms with Crippen molar-refractivity contribution in [3.63, 3.8) is 0 Å². The van der Waals surface area contributed by atoms with Crippen LogP contribution in [0.3, 0.4) is 0 Å². The summed E-state index contributed by atoms with van der Waals surface area (Å²) in [6, 6.07) is 12.8. The summed E-state index contributed by atoms with van der Waals surface area (Å²) in [6.07, 6.45) is -0.272. The van der Waals surface area contributed by atoms with Crippen LogP contribution in [0.15, 0.2) is 30.3 Å². The van der Waals surface area contributed by atoms with E-state index in [0.717, 1.165) is 19.6 Å². The summed E-state index contributed by atoms with van der Waals surface area (Å²) >= 11 is 0. The molecule has 2 saturated heterocycles. The van der Waals surface area contributed by atoms with Gasteiger partial charge in [0, 0.05) is 38.1 Å². The molecule has 2 aliphatic heterocycles. The highest BCUT2D eigenvalue weighted by molar-refractivity contribution is 5.69. The van der Waals surface area contributed by atoms with Gasteiger partial charge in [0.2, 0.25) is 0 Å². The highest BCUT2D eigenvalue weighted by Crippen LogP contribution is 2.44. The quantitative estimate of drug-likeness (QED) is 0.838. The van der Waals surface area contributed by atoms with Gasteiger partial charge in [0.15, 0.2) is 0 Å². The molecule has 1 aromatic rings. The molecule has 1 atom stereocenters. The molecule has 0 radical (unpaired) electrons. The summed E-state index contributed by atoms with van der Waals surface area (Å²) in [7, 11) is 0. The molecule has 3 rings (SSSR count). The Hall–Kier alpha value is -2.06.